The Morgan fingerprint density at radius 3 is 2.60 bits per heavy atom. The highest BCUT2D eigenvalue weighted by molar-refractivity contribution is 5.91. The van der Waals surface area contributed by atoms with Gasteiger partial charge in [-0.2, -0.15) is 5.10 Å². The van der Waals surface area contributed by atoms with Crippen molar-refractivity contribution in [2.75, 3.05) is 18.0 Å². The molecule has 6 nitrogen and oxygen atoms in total. The Labute approximate surface area is 146 Å². The minimum atomic E-state index is -0.291. The molecule has 3 heterocycles. The third-order valence-electron chi connectivity index (χ3n) is 5.12. The van der Waals surface area contributed by atoms with Crippen molar-refractivity contribution in [1.82, 2.24) is 14.7 Å². The third-order valence-corrected chi connectivity index (χ3v) is 5.12. The molecule has 0 radical (unpaired) electrons. The van der Waals surface area contributed by atoms with Gasteiger partial charge in [-0.05, 0) is 37.0 Å². The zero-order chi connectivity index (χ0) is 17.4. The molecule has 2 aliphatic rings. The molecule has 1 unspecified atom stereocenters. The average molecular weight is 338 g/mol. The SMILES string of the molecule is Cn1nc(N2c3ccccc3CC2C(=O)N2CCCCC2)ccc1=O. The first-order valence-corrected chi connectivity index (χ1v) is 8.85. The minimum absolute atomic E-state index is 0.157. The molecule has 130 valence electrons. The predicted octanol–water partition coefficient (Wildman–Crippen LogP) is 1.86. The topological polar surface area (TPSA) is 58.4 Å². The van der Waals surface area contributed by atoms with E-state index >= 15 is 0 Å². The summed E-state index contributed by atoms with van der Waals surface area (Å²) in [5.41, 5.74) is 1.99. The van der Waals surface area contributed by atoms with Gasteiger partial charge in [0.1, 0.15) is 6.04 Å². The highest BCUT2D eigenvalue weighted by Crippen LogP contribution is 2.37. The van der Waals surface area contributed by atoms with Crippen LogP contribution in [0.25, 0.3) is 0 Å². The molecule has 1 aromatic heterocycles. The van der Waals surface area contributed by atoms with Gasteiger partial charge in [-0.3, -0.25) is 9.59 Å². The first kappa shape index (κ1) is 15.9. The number of fused-ring (bicyclic) bond motifs is 1. The van der Waals surface area contributed by atoms with E-state index in [9.17, 15) is 9.59 Å². The van der Waals surface area contributed by atoms with E-state index in [-0.39, 0.29) is 17.5 Å². The second-order valence-electron chi connectivity index (χ2n) is 6.76. The Morgan fingerprint density at radius 1 is 1.08 bits per heavy atom. The van der Waals surface area contributed by atoms with Crippen LogP contribution in [0.3, 0.4) is 0 Å². The minimum Gasteiger partial charge on any atom is -0.341 e. The second-order valence-corrected chi connectivity index (χ2v) is 6.76. The zero-order valence-electron chi connectivity index (χ0n) is 14.4. The average Bonchev–Trinajstić information content (AvgIpc) is 3.03. The molecule has 0 saturated carbocycles. The lowest BCUT2D eigenvalue weighted by molar-refractivity contribution is -0.133. The summed E-state index contributed by atoms with van der Waals surface area (Å²) in [6.07, 6.45) is 4.02. The van der Waals surface area contributed by atoms with Gasteiger partial charge >= 0.3 is 0 Å². The van der Waals surface area contributed by atoms with Crippen molar-refractivity contribution in [2.24, 2.45) is 7.05 Å². The molecule has 0 aliphatic carbocycles. The number of carbonyl (C=O) groups excluding carboxylic acids is 1. The van der Waals surface area contributed by atoms with Crippen molar-refractivity contribution in [3.8, 4) is 0 Å². The Kier molecular flexibility index (Phi) is 4.03. The fourth-order valence-corrected chi connectivity index (χ4v) is 3.81. The van der Waals surface area contributed by atoms with Gasteiger partial charge in [-0.1, -0.05) is 18.2 Å². The van der Waals surface area contributed by atoms with Crippen molar-refractivity contribution in [1.29, 1.82) is 0 Å². The molecule has 0 bridgehead atoms. The molecule has 2 aromatic rings. The van der Waals surface area contributed by atoms with E-state index in [4.69, 9.17) is 0 Å². The molecule has 1 saturated heterocycles. The Morgan fingerprint density at radius 2 is 1.84 bits per heavy atom. The van der Waals surface area contributed by atoms with Crippen LogP contribution in [0.1, 0.15) is 24.8 Å². The Balaban J connectivity index is 1.74. The Bertz CT molecular complexity index is 854. The van der Waals surface area contributed by atoms with Crippen LogP contribution in [0.5, 0.6) is 0 Å². The van der Waals surface area contributed by atoms with Crippen LogP contribution in [-0.4, -0.2) is 39.7 Å². The number of nitrogens with zero attached hydrogens (tertiary/aromatic N) is 4. The van der Waals surface area contributed by atoms with Gasteiger partial charge in [0.2, 0.25) is 5.91 Å². The molecule has 1 aromatic carbocycles. The number of piperidine rings is 1. The molecule has 0 N–H and O–H groups in total. The number of likely N-dealkylation sites (tertiary alicyclic amines) is 1. The maximum atomic E-state index is 13.2. The van der Waals surface area contributed by atoms with Crippen molar-refractivity contribution < 1.29 is 4.79 Å². The first-order chi connectivity index (χ1) is 12.1. The van der Waals surface area contributed by atoms with Crippen molar-refractivity contribution in [2.45, 2.75) is 31.7 Å². The van der Waals surface area contributed by atoms with Crippen LogP contribution >= 0.6 is 0 Å². The van der Waals surface area contributed by atoms with Gasteiger partial charge in [0.15, 0.2) is 5.82 Å². The predicted molar refractivity (Wildman–Crippen MR) is 96.0 cm³/mol. The summed E-state index contributed by atoms with van der Waals surface area (Å²) in [6.45, 7) is 1.67. The fourth-order valence-electron chi connectivity index (χ4n) is 3.81. The summed E-state index contributed by atoms with van der Waals surface area (Å²) in [5, 5.41) is 4.39. The van der Waals surface area contributed by atoms with Gasteiger partial charge in [0.25, 0.3) is 5.56 Å². The lowest BCUT2D eigenvalue weighted by Crippen LogP contribution is -2.48. The quantitative estimate of drug-likeness (QED) is 0.839. The first-order valence-electron chi connectivity index (χ1n) is 8.85. The summed E-state index contributed by atoms with van der Waals surface area (Å²) in [7, 11) is 1.63. The van der Waals surface area contributed by atoms with Gasteiger partial charge in [0, 0.05) is 38.3 Å². The van der Waals surface area contributed by atoms with Gasteiger partial charge in [-0.25, -0.2) is 4.68 Å². The molecule has 6 heteroatoms. The van der Waals surface area contributed by atoms with E-state index in [0.717, 1.165) is 37.2 Å². The molecule has 1 fully saturated rings. The van der Waals surface area contributed by atoms with Crippen LogP contribution < -0.4 is 10.5 Å². The van der Waals surface area contributed by atoms with Crippen LogP contribution in [0, 0.1) is 0 Å². The standard InChI is InChI=1S/C19H22N4O2/c1-21-18(24)10-9-17(20-21)23-15-8-4-3-7-14(15)13-16(23)19(25)22-11-5-2-6-12-22/h3-4,7-10,16H,2,5-6,11-13H2,1H3. The molecule has 0 spiro atoms. The second kappa shape index (κ2) is 6.35. The van der Waals surface area contributed by atoms with E-state index < -0.39 is 0 Å². The van der Waals surface area contributed by atoms with Crippen LogP contribution in [0.15, 0.2) is 41.2 Å². The van der Waals surface area contributed by atoms with Crippen molar-refractivity contribution in [3.05, 3.63) is 52.3 Å². The number of anilines is 2. The molecular formula is C19H22N4O2. The number of benzene rings is 1. The zero-order valence-corrected chi connectivity index (χ0v) is 14.4. The van der Waals surface area contributed by atoms with Crippen molar-refractivity contribution >= 4 is 17.4 Å². The fraction of sp³-hybridized carbons (Fsp3) is 0.421. The van der Waals surface area contributed by atoms with Crippen LogP contribution in [0.4, 0.5) is 11.5 Å². The summed E-state index contributed by atoms with van der Waals surface area (Å²) in [4.78, 5) is 28.9. The molecule has 25 heavy (non-hydrogen) atoms. The normalized spacial score (nSPS) is 19.8. The van der Waals surface area contributed by atoms with Crippen LogP contribution in [-0.2, 0) is 18.3 Å². The van der Waals surface area contributed by atoms with Crippen molar-refractivity contribution in [3.63, 3.8) is 0 Å². The highest BCUT2D eigenvalue weighted by Gasteiger charge is 2.38. The summed E-state index contributed by atoms with van der Waals surface area (Å²) in [5.74, 6) is 0.800. The number of rotatable bonds is 2. The van der Waals surface area contributed by atoms with E-state index in [1.54, 1.807) is 13.1 Å². The third kappa shape index (κ3) is 2.81. The summed E-state index contributed by atoms with van der Waals surface area (Å²) in [6, 6.07) is 11.0. The number of aromatic nitrogens is 2. The van der Waals surface area contributed by atoms with E-state index in [1.807, 2.05) is 28.0 Å². The lowest BCUT2D eigenvalue weighted by Gasteiger charge is -2.33. The number of carbonyl (C=O) groups is 1. The van der Waals surface area contributed by atoms with E-state index in [2.05, 4.69) is 11.2 Å². The Hall–Kier alpha value is -2.63. The highest BCUT2D eigenvalue weighted by atomic mass is 16.2. The molecular weight excluding hydrogens is 316 g/mol. The summed E-state index contributed by atoms with van der Waals surface area (Å²) < 4.78 is 1.32. The molecule has 2 aliphatic heterocycles. The summed E-state index contributed by atoms with van der Waals surface area (Å²) >= 11 is 0. The monoisotopic (exact) mass is 338 g/mol. The molecule has 4 rings (SSSR count). The van der Waals surface area contributed by atoms with Gasteiger partial charge < -0.3 is 9.80 Å². The van der Waals surface area contributed by atoms with Gasteiger partial charge in [0.05, 0.1) is 0 Å². The lowest BCUT2D eigenvalue weighted by atomic mass is 10.1. The number of hydrogen-bond acceptors (Lipinski definition) is 4. The number of aryl methyl sites for hydroxylation is 1. The van der Waals surface area contributed by atoms with E-state index in [1.165, 1.54) is 17.2 Å². The number of para-hydroxylation sites is 1. The molecule has 1 amide bonds. The molecule has 1 atom stereocenters. The largest absolute Gasteiger partial charge is 0.341 e. The van der Waals surface area contributed by atoms with Gasteiger partial charge in [-0.15, -0.1) is 0 Å². The number of hydrogen-bond donors (Lipinski definition) is 0. The van der Waals surface area contributed by atoms with Crippen LogP contribution in [0.2, 0.25) is 0 Å². The smallest absolute Gasteiger partial charge is 0.266 e. The maximum Gasteiger partial charge on any atom is 0.266 e. The van der Waals surface area contributed by atoms with E-state index in [0.29, 0.717) is 12.2 Å². The number of amides is 1. The maximum absolute atomic E-state index is 13.2.